The zero-order chi connectivity index (χ0) is 18.4. The Morgan fingerprint density at radius 3 is 2.74 bits per heavy atom. The second-order valence-electron chi connectivity index (χ2n) is 6.95. The van der Waals surface area contributed by atoms with E-state index in [-0.39, 0.29) is 12.1 Å². The van der Waals surface area contributed by atoms with E-state index in [1.54, 1.807) is 0 Å². The first-order chi connectivity index (χ1) is 13.2. The van der Waals surface area contributed by atoms with Crippen molar-refractivity contribution < 1.29 is 4.84 Å². The molecule has 27 heavy (non-hydrogen) atoms. The lowest BCUT2D eigenvalue weighted by molar-refractivity contribution is -0.147. The van der Waals surface area contributed by atoms with Crippen LogP contribution in [0.1, 0.15) is 18.0 Å². The van der Waals surface area contributed by atoms with E-state index < -0.39 is 0 Å². The van der Waals surface area contributed by atoms with Crippen LogP contribution in [0.4, 0.5) is 0 Å². The molecule has 5 rings (SSSR count). The molecule has 1 saturated heterocycles. The number of benzene rings is 2. The van der Waals surface area contributed by atoms with Crippen LogP contribution in [0.15, 0.2) is 60.9 Å². The predicted molar refractivity (Wildman–Crippen MR) is 106 cm³/mol. The largest absolute Gasteiger partial charge is 0.327 e. The van der Waals surface area contributed by atoms with Gasteiger partial charge in [0.15, 0.2) is 5.15 Å². The Hall–Kier alpha value is -2.47. The summed E-state index contributed by atoms with van der Waals surface area (Å²) in [7, 11) is 2.00. The van der Waals surface area contributed by atoms with Crippen molar-refractivity contribution in [2.24, 2.45) is 0 Å². The van der Waals surface area contributed by atoms with Gasteiger partial charge in [0.05, 0.1) is 36.1 Å². The topological polar surface area (TPSA) is 43.2 Å². The maximum Gasteiger partial charge on any atom is 0.157 e. The monoisotopic (exact) mass is 378 g/mol. The van der Waals surface area contributed by atoms with Crippen molar-refractivity contribution in [2.45, 2.75) is 25.1 Å². The minimum Gasteiger partial charge on any atom is -0.327 e. The third-order valence-electron chi connectivity index (χ3n) is 5.24. The molecule has 1 fully saturated rings. The van der Waals surface area contributed by atoms with E-state index in [9.17, 15) is 0 Å². The smallest absolute Gasteiger partial charge is 0.157 e. The second kappa shape index (κ2) is 6.60. The van der Waals surface area contributed by atoms with Gasteiger partial charge in [0.25, 0.3) is 0 Å². The number of fused-ring (bicyclic) bond motifs is 3. The van der Waals surface area contributed by atoms with E-state index in [1.807, 2.05) is 42.7 Å². The average molecular weight is 379 g/mol. The van der Waals surface area contributed by atoms with Gasteiger partial charge < -0.3 is 4.57 Å². The average Bonchev–Trinajstić information content (AvgIpc) is 3.27. The van der Waals surface area contributed by atoms with E-state index >= 15 is 0 Å². The molecule has 0 saturated carbocycles. The van der Waals surface area contributed by atoms with Crippen LogP contribution >= 0.6 is 11.6 Å². The number of hydrogen-bond donors (Lipinski definition) is 0. The van der Waals surface area contributed by atoms with Crippen LogP contribution in [-0.2, 0) is 11.4 Å². The molecule has 2 aromatic heterocycles. The Labute approximate surface area is 162 Å². The lowest BCUT2D eigenvalue weighted by Crippen LogP contribution is -2.19. The fourth-order valence-electron chi connectivity index (χ4n) is 3.98. The Morgan fingerprint density at radius 1 is 1.11 bits per heavy atom. The van der Waals surface area contributed by atoms with E-state index in [0.29, 0.717) is 11.7 Å². The molecule has 0 radical (unpaired) electrons. The van der Waals surface area contributed by atoms with Gasteiger partial charge in [-0.25, -0.2) is 9.97 Å². The van der Waals surface area contributed by atoms with Gasteiger partial charge in [-0.1, -0.05) is 60.1 Å². The number of pyridine rings is 1. The summed E-state index contributed by atoms with van der Waals surface area (Å²) in [4.78, 5) is 15.1. The van der Waals surface area contributed by atoms with E-state index in [4.69, 9.17) is 16.4 Å². The van der Waals surface area contributed by atoms with Crippen LogP contribution in [0.25, 0.3) is 21.9 Å². The van der Waals surface area contributed by atoms with Crippen molar-refractivity contribution >= 4 is 33.5 Å². The highest BCUT2D eigenvalue weighted by Crippen LogP contribution is 2.34. The van der Waals surface area contributed by atoms with Crippen LogP contribution < -0.4 is 0 Å². The Balaban J connectivity index is 1.49. The summed E-state index contributed by atoms with van der Waals surface area (Å²) >= 11 is 6.37. The molecule has 0 bridgehead atoms. The summed E-state index contributed by atoms with van der Waals surface area (Å²) in [5.41, 5.74) is 3.90. The van der Waals surface area contributed by atoms with Crippen molar-refractivity contribution in [3.63, 3.8) is 0 Å². The summed E-state index contributed by atoms with van der Waals surface area (Å²) in [6.45, 7) is 0.717. The maximum absolute atomic E-state index is 6.37. The van der Waals surface area contributed by atoms with Gasteiger partial charge in [-0.05, 0) is 18.1 Å². The summed E-state index contributed by atoms with van der Waals surface area (Å²) in [5, 5.41) is 3.46. The molecule has 2 unspecified atom stereocenters. The van der Waals surface area contributed by atoms with Crippen LogP contribution in [0.2, 0.25) is 5.15 Å². The maximum atomic E-state index is 6.37. The van der Waals surface area contributed by atoms with Crippen molar-refractivity contribution in [1.82, 2.24) is 19.6 Å². The Bertz CT molecular complexity index is 1110. The molecule has 0 aliphatic carbocycles. The molecular formula is C21H19ClN4O. The Morgan fingerprint density at radius 2 is 1.89 bits per heavy atom. The molecular weight excluding hydrogens is 360 g/mol. The third-order valence-corrected chi connectivity index (χ3v) is 5.50. The zero-order valence-electron chi connectivity index (χ0n) is 14.9. The highest BCUT2D eigenvalue weighted by Gasteiger charge is 2.32. The number of nitrogens with zero attached hydrogens (tertiary/aromatic N) is 4. The zero-order valence-corrected chi connectivity index (χ0v) is 15.7. The normalized spacial score (nSPS) is 20.7. The quantitative estimate of drug-likeness (QED) is 0.488. The molecule has 1 aliphatic rings. The minimum atomic E-state index is 0.0725. The molecule has 0 N–H and O–H groups in total. The molecule has 4 aromatic rings. The molecule has 6 heteroatoms. The van der Waals surface area contributed by atoms with Gasteiger partial charge >= 0.3 is 0 Å². The first kappa shape index (κ1) is 16.7. The van der Waals surface area contributed by atoms with Crippen LogP contribution in [-0.4, -0.2) is 32.7 Å². The highest BCUT2D eigenvalue weighted by molar-refractivity contribution is 6.35. The number of rotatable bonds is 3. The number of hydrogen-bond acceptors (Lipinski definition) is 4. The molecule has 136 valence electrons. The Kier molecular flexibility index (Phi) is 4.08. The number of aromatic nitrogens is 3. The van der Waals surface area contributed by atoms with Gasteiger partial charge in [-0.3, -0.25) is 4.84 Å². The third kappa shape index (κ3) is 2.88. The van der Waals surface area contributed by atoms with Crippen molar-refractivity contribution in [2.75, 3.05) is 7.05 Å². The van der Waals surface area contributed by atoms with Gasteiger partial charge in [0.2, 0.25) is 0 Å². The van der Waals surface area contributed by atoms with Crippen LogP contribution in [0, 0.1) is 0 Å². The van der Waals surface area contributed by atoms with Gasteiger partial charge in [0, 0.05) is 12.4 Å². The highest BCUT2D eigenvalue weighted by atomic mass is 35.5. The summed E-state index contributed by atoms with van der Waals surface area (Å²) in [6.07, 6.45) is 2.84. The summed E-state index contributed by atoms with van der Waals surface area (Å²) < 4.78 is 2.14. The molecule has 1 aliphatic heterocycles. The molecule has 3 heterocycles. The van der Waals surface area contributed by atoms with Crippen molar-refractivity contribution in [3.8, 4) is 0 Å². The number of halogens is 1. The summed E-state index contributed by atoms with van der Waals surface area (Å²) in [6, 6.07) is 18.8. The van der Waals surface area contributed by atoms with Gasteiger partial charge in [-0.15, -0.1) is 0 Å². The SMILES string of the molecule is CN1OC(Cn2cnc3c(Cl)nc4ccccc4c32)CC1c1ccccc1. The number of imidazole rings is 1. The molecule has 0 amide bonds. The van der Waals surface area contributed by atoms with Crippen molar-refractivity contribution in [1.29, 1.82) is 0 Å². The predicted octanol–water partition coefficient (Wildman–Crippen LogP) is 4.61. The van der Waals surface area contributed by atoms with Gasteiger partial charge in [-0.2, -0.15) is 5.06 Å². The van der Waals surface area contributed by atoms with E-state index in [0.717, 1.165) is 28.4 Å². The first-order valence-electron chi connectivity index (χ1n) is 9.04. The fraction of sp³-hybridized carbons (Fsp3) is 0.238. The molecule has 0 spiro atoms. The number of hydroxylamine groups is 2. The lowest BCUT2D eigenvalue weighted by atomic mass is 10.0. The molecule has 5 nitrogen and oxygen atoms in total. The van der Waals surface area contributed by atoms with E-state index in [1.165, 1.54) is 5.56 Å². The standard InChI is InChI=1S/C21H19ClN4O/c1-25-18(14-7-3-2-4-8-14)11-15(27-25)12-26-13-23-19-20(26)16-9-5-6-10-17(16)24-21(19)22/h2-10,13,15,18H,11-12H2,1H3. The van der Waals surface area contributed by atoms with Crippen LogP contribution in [0.5, 0.6) is 0 Å². The lowest BCUT2D eigenvalue weighted by Gasteiger charge is -2.17. The fourth-order valence-corrected chi connectivity index (χ4v) is 4.21. The van der Waals surface area contributed by atoms with Crippen molar-refractivity contribution in [3.05, 3.63) is 71.6 Å². The minimum absolute atomic E-state index is 0.0725. The molecule has 2 atom stereocenters. The van der Waals surface area contributed by atoms with Crippen LogP contribution in [0.3, 0.4) is 0 Å². The first-order valence-corrected chi connectivity index (χ1v) is 9.42. The van der Waals surface area contributed by atoms with Gasteiger partial charge in [0.1, 0.15) is 5.52 Å². The second-order valence-corrected chi connectivity index (χ2v) is 7.31. The molecule has 2 aromatic carbocycles. The van der Waals surface area contributed by atoms with E-state index in [2.05, 4.69) is 44.9 Å². The number of para-hydroxylation sites is 1. The summed E-state index contributed by atoms with van der Waals surface area (Å²) in [5.74, 6) is 0.